The molecule has 30 heavy (non-hydrogen) atoms. The van der Waals surface area contributed by atoms with Crippen molar-refractivity contribution >= 4 is 21.6 Å². The lowest BCUT2D eigenvalue weighted by Gasteiger charge is -2.32. The maximum Gasteiger partial charge on any atom is 0.244 e. The van der Waals surface area contributed by atoms with Crippen LogP contribution in [0, 0.1) is 13.8 Å². The summed E-state index contributed by atoms with van der Waals surface area (Å²) in [4.78, 5) is 13.2. The number of carbonyl (C=O) groups excluding carboxylic acids is 1. The van der Waals surface area contributed by atoms with Crippen molar-refractivity contribution in [3.8, 4) is 5.75 Å². The first-order valence-electron chi connectivity index (χ1n) is 10.1. The van der Waals surface area contributed by atoms with Gasteiger partial charge in [-0.15, -0.1) is 0 Å². The smallest absolute Gasteiger partial charge is 0.244 e. The van der Waals surface area contributed by atoms with Crippen LogP contribution in [0.1, 0.15) is 49.4 Å². The second-order valence-corrected chi connectivity index (χ2v) is 9.35. The summed E-state index contributed by atoms with van der Waals surface area (Å²) in [7, 11) is -2.06. The molecule has 2 atom stereocenters. The third-order valence-electron chi connectivity index (χ3n) is 5.32. The Bertz CT molecular complexity index is 971. The SMILES string of the molecule is CC[C@H](NC(=O)[C@@H](CC)N(c1ccc(C)c(C)c1)S(C)(=O)=O)c1ccc(OC)cc1. The van der Waals surface area contributed by atoms with Gasteiger partial charge in [0.25, 0.3) is 0 Å². The largest absolute Gasteiger partial charge is 0.497 e. The number of aryl methyl sites for hydroxylation is 2. The van der Waals surface area contributed by atoms with Crippen LogP contribution in [0.25, 0.3) is 0 Å². The molecule has 0 fully saturated rings. The first-order chi connectivity index (χ1) is 14.1. The number of sulfonamides is 1. The summed E-state index contributed by atoms with van der Waals surface area (Å²) in [5.74, 6) is 0.424. The standard InChI is InChI=1S/C23H32N2O4S/c1-7-21(18-10-13-20(29-5)14-11-18)24-23(26)22(8-2)25(30(6,27)28)19-12-9-16(3)17(4)15-19/h9-15,21-22H,7-8H2,1-6H3,(H,24,26)/t21-,22+/m0/s1. The van der Waals surface area contributed by atoms with E-state index in [1.807, 2.05) is 64.1 Å². The van der Waals surface area contributed by atoms with Gasteiger partial charge in [0, 0.05) is 0 Å². The predicted molar refractivity (Wildman–Crippen MR) is 121 cm³/mol. The third kappa shape index (κ3) is 5.53. The second-order valence-electron chi connectivity index (χ2n) is 7.49. The number of methoxy groups -OCH3 is 1. The van der Waals surface area contributed by atoms with Crippen LogP contribution in [0.3, 0.4) is 0 Å². The Balaban J connectivity index is 2.35. The summed E-state index contributed by atoms with van der Waals surface area (Å²) in [6.45, 7) is 7.69. The maximum atomic E-state index is 13.2. The molecular formula is C23H32N2O4S. The van der Waals surface area contributed by atoms with Gasteiger partial charge in [-0.1, -0.05) is 32.0 Å². The number of nitrogens with one attached hydrogen (secondary N) is 1. The van der Waals surface area contributed by atoms with Gasteiger partial charge in [-0.3, -0.25) is 9.10 Å². The van der Waals surface area contributed by atoms with E-state index in [2.05, 4.69) is 5.32 Å². The van der Waals surface area contributed by atoms with Crippen molar-refractivity contribution in [1.29, 1.82) is 0 Å². The minimum atomic E-state index is -3.66. The number of nitrogens with zero attached hydrogens (tertiary/aromatic N) is 1. The molecule has 6 nitrogen and oxygen atoms in total. The molecule has 0 unspecified atom stereocenters. The van der Waals surface area contributed by atoms with Crippen LogP contribution in [0.15, 0.2) is 42.5 Å². The molecule has 0 bridgehead atoms. The molecule has 1 amide bonds. The van der Waals surface area contributed by atoms with Crippen molar-refractivity contribution in [3.63, 3.8) is 0 Å². The first kappa shape index (κ1) is 23.7. The lowest BCUT2D eigenvalue weighted by Crippen LogP contribution is -2.50. The normalized spacial score (nSPS) is 13.4. The Morgan fingerprint density at radius 2 is 1.67 bits per heavy atom. The van der Waals surface area contributed by atoms with Crippen molar-refractivity contribution < 1.29 is 17.9 Å². The molecule has 164 valence electrons. The van der Waals surface area contributed by atoms with Crippen LogP contribution in [0.5, 0.6) is 5.75 Å². The van der Waals surface area contributed by atoms with Crippen molar-refractivity contribution in [2.75, 3.05) is 17.7 Å². The molecule has 0 aromatic heterocycles. The average molecular weight is 433 g/mol. The van der Waals surface area contributed by atoms with Crippen molar-refractivity contribution in [2.45, 2.75) is 52.6 Å². The number of benzene rings is 2. The van der Waals surface area contributed by atoms with Crippen molar-refractivity contribution in [2.24, 2.45) is 0 Å². The third-order valence-corrected chi connectivity index (χ3v) is 6.50. The lowest BCUT2D eigenvalue weighted by molar-refractivity contribution is -0.123. The number of hydrogen-bond acceptors (Lipinski definition) is 4. The predicted octanol–water partition coefficient (Wildman–Crippen LogP) is 4.12. The van der Waals surface area contributed by atoms with Crippen molar-refractivity contribution in [3.05, 3.63) is 59.2 Å². The number of hydrogen-bond donors (Lipinski definition) is 1. The van der Waals surface area contributed by atoms with E-state index < -0.39 is 16.1 Å². The fourth-order valence-corrected chi connectivity index (χ4v) is 4.65. The zero-order valence-electron chi connectivity index (χ0n) is 18.6. The van der Waals surface area contributed by atoms with Gasteiger partial charge in [-0.2, -0.15) is 0 Å². The number of rotatable bonds is 9. The average Bonchev–Trinajstić information content (AvgIpc) is 2.71. The van der Waals surface area contributed by atoms with Gasteiger partial charge in [0.2, 0.25) is 15.9 Å². The van der Waals surface area contributed by atoms with Gasteiger partial charge >= 0.3 is 0 Å². The quantitative estimate of drug-likeness (QED) is 0.647. The van der Waals surface area contributed by atoms with E-state index in [4.69, 9.17) is 4.74 Å². The summed E-state index contributed by atoms with van der Waals surface area (Å²) in [6, 6.07) is 11.9. The number of carbonyl (C=O) groups is 1. The van der Waals surface area contributed by atoms with E-state index in [1.165, 1.54) is 4.31 Å². The van der Waals surface area contributed by atoms with Gasteiger partial charge in [0.05, 0.1) is 25.1 Å². The highest BCUT2D eigenvalue weighted by molar-refractivity contribution is 7.92. The molecule has 0 spiro atoms. The Labute approximate surface area is 180 Å². The molecule has 0 radical (unpaired) electrons. The number of ether oxygens (including phenoxy) is 1. The molecule has 0 saturated heterocycles. The molecule has 0 aliphatic rings. The minimum Gasteiger partial charge on any atom is -0.497 e. The van der Waals surface area contributed by atoms with E-state index in [9.17, 15) is 13.2 Å². The molecule has 2 rings (SSSR count). The maximum absolute atomic E-state index is 13.2. The lowest BCUT2D eigenvalue weighted by atomic mass is 10.0. The minimum absolute atomic E-state index is 0.223. The highest BCUT2D eigenvalue weighted by Gasteiger charge is 2.32. The Hall–Kier alpha value is -2.54. The van der Waals surface area contributed by atoms with Crippen LogP contribution in [0.2, 0.25) is 0 Å². The van der Waals surface area contributed by atoms with Gasteiger partial charge in [-0.25, -0.2) is 8.42 Å². The van der Waals surface area contributed by atoms with E-state index in [0.717, 1.165) is 28.7 Å². The van der Waals surface area contributed by atoms with Gasteiger partial charge in [0.15, 0.2) is 0 Å². The molecule has 0 heterocycles. The zero-order valence-corrected chi connectivity index (χ0v) is 19.4. The van der Waals surface area contributed by atoms with Crippen molar-refractivity contribution in [1.82, 2.24) is 5.32 Å². The summed E-state index contributed by atoms with van der Waals surface area (Å²) in [5, 5.41) is 3.03. The van der Waals surface area contributed by atoms with E-state index in [1.54, 1.807) is 13.2 Å². The Morgan fingerprint density at radius 1 is 1.03 bits per heavy atom. The van der Waals surface area contributed by atoms with Crippen LogP contribution in [0.4, 0.5) is 5.69 Å². The van der Waals surface area contributed by atoms with Gasteiger partial charge in [0.1, 0.15) is 11.8 Å². The zero-order chi connectivity index (χ0) is 22.5. The summed E-state index contributed by atoms with van der Waals surface area (Å²) < 4.78 is 31.7. The van der Waals surface area contributed by atoms with Gasteiger partial charge < -0.3 is 10.1 Å². The molecule has 0 aliphatic carbocycles. The molecule has 2 aromatic rings. The molecular weight excluding hydrogens is 400 g/mol. The highest BCUT2D eigenvalue weighted by Crippen LogP contribution is 2.26. The topological polar surface area (TPSA) is 75.7 Å². The molecule has 7 heteroatoms. The second kappa shape index (κ2) is 9.98. The Morgan fingerprint density at radius 3 is 2.13 bits per heavy atom. The fourth-order valence-electron chi connectivity index (χ4n) is 3.45. The van der Waals surface area contributed by atoms with Crippen LogP contribution in [-0.4, -0.2) is 33.7 Å². The molecule has 2 aromatic carbocycles. The fraction of sp³-hybridized carbons (Fsp3) is 0.435. The summed E-state index contributed by atoms with van der Waals surface area (Å²) in [5.41, 5.74) is 3.48. The Kier molecular flexibility index (Phi) is 7.89. The molecule has 1 N–H and O–H groups in total. The molecule has 0 saturated carbocycles. The van der Waals surface area contributed by atoms with E-state index >= 15 is 0 Å². The summed E-state index contributed by atoms with van der Waals surface area (Å²) in [6.07, 6.45) is 2.17. The number of amides is 1. The van der Waals surface area contributed by atoms with E-state index in [-0.39, 0.29) is 11.9 Å². The number of anilines is 1. The van der Waals surface area contributed by atoms with Gasteiger partial charge in [-0.05, 0) is 67.6 Å². The van der Waals surface area contributed by atoms with Crippen LogP contribution >= 0.6 is 0 Å². The molecule has 0 aliphatic heterocycles. The van der Waals surface area contributed by atoms with Crippen LogP contribution in [-0.2, 0) is 14.8 Å². The van der Waals surface area contributed by atoms with E-state index in [0.29, 0.717) is 18.5 Å². The first-order valence-corrected chi connectivity index (χ1v) is 12.0. The van der Waals surface area contributed by atoms with Crippen LogP contribution < -0.4 is 14.4 Å². The monoisotopic (exact) mass is 432 g/mol. The summed E-state index contributed by atoms with van der Waals surface area (Å²) >= 11 is 0. The highest BCUT2D eigenvalue weighted by atomic mass is 32.2.